The molecule has 0 aromatic carbocycles. The summed E-state index contributed by atoms with van der Waals surface area (Å²) in [5.74, 6) is 0. The Morgan fingerprint density at radius 1 is 1.26 bits per heavy atom. The second-order valence-corrected chi connectivity index (χ2v) is 9.05. The molecule has 0 spiro atoms. The zero-order chi connectivity index (χ0) is 13.9. The first-order valence-electron chi connectivity index (χ1n) is 5.48. The third-order valence-electron chi connectivity index (χ3n) is 2.40. The van der Waals surface area contributed by atoms with Crippen molar-refractivity contribution in [3.05, 3.63) is 37.1 Å². The molecule has 104 valence electrons. The van der Waals surface area contributed by atoms with Gasteiger partial charge in [-0.1, -0.05) is 0 Å². The zero-order valence-electron chi connectivity index (χ0n) is 10.1. The molecule has 19 heavy (non-hydrogen) atoms. The predicted molar refractivity (Wildman–Crippen MR) is 83.1 cm³/mol. The van der Waals surface area contributed by atoms with E-state index in [0.717, 1.165) is 13.5 Å². The van der Waals surface area contributed by atoms with Crippen molar-refractivity contribution in [2.45, 2.75) is 18.0 Å². The smallest absolute Gasteiger partial charge is 0.242 e. The third-order valence-corrected chi connectivity index (χ3v) is 6.56. The standard InChI is InChI=1S/C11H13BrN2O2S3/c1-13-7-9-10(4-5-17-9)19(15,16)14-6-8-2-3-11(12)18-8/h2-5,13-14H,6-7H2,1H3. The largest absolute Gasteiger partial charge is 0.315 e. The minimum atomic E-state index is -3.45. The van der Waals surface area contributed by atoms with Crippen LogP contribution in [0, 0.1) is 0 Å². The minimum Gasteiger partial charge on any atom is -0.315 e. The molecule has 2 aromatic heterocycles. The van der Waals surface area contributed by atoms with Crippen LogP contribution in [0.25, 0.3) is 0 Å². The van der Waals surface area contributed by atoms with Gasteiger partial charge in [0.15, 0.2) is 0 Å². The van der Waals surface area contributed by atoms with Gasteiger partial charge in [-0.3, -0.25) is 0 Å². The molecular formula is C11H13BrN2O2S3. The van der Waals surface area contributed by atoms with Gasteiger partial charge in [0.1, 0.15) is 0 Å². The van der Waals surface area contributed by atoms with Crippen molar-refractivity contribution in [2.24, 2.45) is 0 Å². The number of halogens is 1. The molecule has 0 bridgehead atoms. The molecule has 0 amide bonds. The number of hydrogen-bond donors (Lipinski definition) is 2. The Labute approximate surface area is 129 Å². The van der Waals surface area contributed by atoms with Crippen LogP contribution in [0.15, 0.2) is 32.3 Å². The summed E-state index contributed by atoms with van der Waals surface area (Å²) in [7, 11) is -1.65. The Balaban J connectivity index is 2.11. The van der Waals surface area contributed by atoms with Crippen LogP contribution in [0.3, 0.4) is 0 Å². The fourth-order valence-electron chi connectivity index (χ4n) is 1.55. The summed E-state index contributed by atoms with van der Waals surface area (Å²) in [6, 6.07) is 5.45. The molecule has 0 fully saturated rings. The number of rotatable bonds is 6. The van der Waals surface area contributed by atoms with Crippen LogP contribution in [-0.4, -0.2) is 15.5 Å². The van der Waals surface area contributed by atoms with E-state index >= 15 is 0 Å². The first-order chi connectivity index (χ1) is 9.03. The van der Waals surface area contributed by atoms with Gasteiger partial charge in [-0.15, -0.1) is 22.7 Å². The minimum absolute atomic E-state index is 0.313. The van der Waals surface area contributed by atoms with Crippen LogP contribution in [-0.2, 0) is 23.1 Å². The van der Waals surface area contributed by atoms with E-state index in [-0.39, 0.29) is 0 Å². The summed E-state index contributed by atoms with van der Waals surface area (Å²) >= 11 is 6.32. The Morgan fingerprint density at radius 2 is 2.05 bits per heavy atom. The Hall–Kier alpha value is -0.250. The maximum absolute atomic E-state index is 12.2. The van der Waals surface area contributed by atoms with Crippen LogP contribution in [0.5, 0.6) is 0 Å². The third kappa shape index (κ3) is 3.87. The van der Waals surface area contributed by atoms with Gasteiger partial charge in [-0.05, 0) is 46.6 Å². The fourth-order valence-corrected chi connectivity index (χ4v) is 5.52. The van der Waals surface area contributed by atoms with Gasteiger partial charge in [0.25, 0.3) is 0 Å². The summed E-state index contributed by atoms with van der Waals surface area (Å²) < 4.78 is 28.1. The molecule has 0 atom stereocenters. The van der Waals surface area contributed by atoms with Crippen LogP contribution < -0.4 is 10.0 Å². The van der Waals surface area contributed by atoms with Gasteiger partial charge in [0.05, 0.1) is 8.68 Å². The van der Waals surface area contributed by atoms with Crippen molar-refractivity contribution in [3.8, 4) is 0 Å². The van der Waals surface area contributed by atoms with Crippen LogP contribution >= 0.6 is 38.6 Å². The average molecular weight is 381 g/mol. The van der Waals surface area contributed by atoms with E-state index in [9.17, 15) is 8.42 Å². The van der Waals surface area contributed by atoms with Gasteiger partial charge < -0.3 is 5.32 Å². The molecule has 2 aromatic rings. The quantitative estimate of drug-likeness (QED) is 0.809. The molecule has 0 saturated carbocycles. The van der Waals surface area contributed by atoms with Crippen LogP contribution in [0.4, 0.5) is 0 Å². The molecule has 0 aliphatic heterocycles. The number of nitrogens with one attached hydrogen (secondary N) is 2. The van der Waals surface area contributed by atoms with E-state index in [4.69, 9.17) is 0 Å². The highest BCUT2D eigenvalue weighted by molar-refractivity contribution is 9.11. The lowest BCUT2D eigenvalue weighted by atomic mass is 10.5. The summed E-state index contributed by atoms with van der Waals surface area (Å²) in [6.07, 6.45) is 0. The molecule has 2 heterocycles. The highest BCUT2D eigenvalue weighted by Gasteiger charge is 2.19. The van der Waals surface area contributed by atoms with E-state index in [1.54, 1.807) is 18.5 Å². The van der Waals surface area contributed by atoms with Gasteiger partial charge >= 0.3 is 0 Å². The molecule has 4 nitrogen and oxygen atoms in total. The number of thiophene rings is 2. The lowest BCUT2D eigenvalue weighted by Crippen LogP contribution is -2.23. The second-order valence-electron chi connectivity index (χ2n) is 3.77. The topological polar surface area (TPSA) is 58.2 Å². The van der Waals surface area contributed by atoms with Gasteiger partial charge in [0, 0.05) is 22.8 Å². The zero-order valence-corrected chi connectivity index (χ0v) is 14.2. The predicted octanol–water partition coefficient (Wildman–Crippen LogP) is 2.77. The van der Waals surface area contributed by atoms with Gasteiger partial charge in [-0.25, -0.2) is 13.1 Å². The van der Waals surface area contributed by atoms with Crippen molar-refractivity contribution in [1.29, 1.82) is 0 Å². The molecule has 2 rings (SSSR count). The second kappa shape index (κ2) is 6.47. The highest BCUT2D eigenvalue weighted by Crippen LogP contribution is 2.24. The normalized spacial score (nSPS) is 11.9. The first-order valence-corrected chi connectivity index (χ1v) is 9.45. The van der Waals surface area contributed by atoms with E-state index in [2.05, 4.69) is 26.0 Å². The maximum atomic E-state index is 12.2. The molecule has 0 aliphatic rings. The average Bonchev–Trinajstić information content (AvgIpc) is 2.97. The molecule has 0 saturated heterocycles. The van der Waals surface area contributed by atoms with E-state index < -0.39 is 10.0 Å². The molecule has 0 aliphatic carbocycles. The maximum Gasteiger partial charge on any atom is 0.242 e. The van der Waals surface area contributed by atoms with Crippen molar-refractivity contribution >= 4 is 48.6 Å². The summed E-state index contributed by atoms with van der Waals surface area (Å²) in [5, 5.41) is 4.77. The molecular weight excluding hydrogens is 368 g/mol. The van der Waals surface area contributed by atoms with E-state index in [1.165, 1.54) is 22.7 Å². The molecule has 2 N–H and O–H groups in total. The van der Waals surface area contributed by atoms with Crippen molar-refractivity contribution < 1.29 is 8.42 Å². The monoisotopic (exact) mass is 380 g/mol. The van der Waals surface area contributed by atoms with Gasteiger partial charge in [-0.2, -0.15) is 0 Å². The molecule has 0 radical (unpaired) electrons. The van der Waals surface area contributed by atoms with Gasteiger partial charge in [0.2, 0.25) is 10.0 Å². The Morgan fingerprint density at radius 3 is 2.68 bits per heavy atom. The Bertz CT molecular complexity index is 648. The highest BCUT2D eigenvalue weighted by atomic mass is 79.9. The van der Waals surface area contributed by atoms with Crippen molar-refractivity contribution in [1.82, 2.24) is 10.0 Å². The summed E-state index contributed by atoms with van der Waals surface area (Å²) in [4.78, 5) is 2.16. The first kappa shape index (κ1) is 15.1. The summed E-state index contributed by atoms with van der Waals surface area (Å²) in [5.41, 5.74) is 0. The number of hydrogen-bond acceptors (Lipinski definition) is 5. The van der Waals surface area contributed by atoms with Crippen LogP contribution in [0.2, 0.25) is 0 Å². The fraction of sp³-hybridized carbons (Fsp3) is 0.273. The molecule has 0 unspecified atom stereocenters. The lowest BCUT2D eigenvalue weighted by molar-refractivity contribution is 0.580. The van der Waals surface area contributed by atoms with E-state index in [0.29, 0.717) is 18.0 Å². The lowest BCUT2D eigenvalue weighted by Gasteiger charge is -2.06. The van der Waals surface area contributed by atoms with Crippen molar-refractivity contribution in [3.63, 3.8) is 0 Å². The number of sulfonamides is 1. The Kier molecular flexibility index (Phi) is 5.15. The van der Waals surface area contributed by atoms with Crippen LogP contribution in [0.1, 0.15) is 9.75 Å². The molecule has 8 heteroatoms. The van der Waals surface area contributed by atoms with E-state index in [1.807, 2.05) is 12.1 Å². The SMILES string of the molecule is CNCc1sccc1S(=O)(=O)NCc1ccc(Br)s1. The van der Waals surface area contributed by atoms with Crippen molar-refractivity contribution in [2.75, 3.05) is 7.05 Å². The summed E-state index contributed by atoms with van der Waals surface area (Å²) in [6.45, 7) is 0.867.